The summed E-state index contributed by atoms with van der Waals surface area (Å²) in [5.41, 5.74) is 1.00. The molecule has 0 rings (SSSR count). The van der Waals surface area contributed by atoms with Crippen molar-refractivity contribution in [2.24, 2.45) is 0 Å². The Morgan fingerprint density at radius 3 is 1.94 bits per heavy atom. The highest BCUT2D eigenvalue weighted by Gasteiger charge is 2.21. The minimum atomic E-state index is -1.45. The van der Waals surface area contributed by atoms with E-state index in [0.29, 0.717) is 6.61 Å². The summed E-state index contributed by atoms with van der Waals surface area (Å²) in [6.07, 6.45) is 2.05. The van der Waals surface area contributed by atoms with Crippen molar-refractivity contribution in [2.45, 2.75) is 39.3 Å². The molecule has 0 N–H and O–H groups in total. The number of ether oxygens (including phenoxy) is 1. The van der Waals surface area contributed by atoms with Crippen LogP contribution < -0.4 is 0 Å². The van der Waals surface area contributed by atoms with E-state index in [4.69, 9.17) is 9.16 Å². The molecule has 2 nitrogen and oxygen atoms in total. The quantitative estimate of drug-likeness (QED) is 0.410. The second kappa shape index (κ2) is 5.84. The fourth-order valence-corrected chi connectivity index (χ4v) is 2.99. The second-order valence-corrected chi connectivity index (χ2v) is 15.5. The molecule has 0 radical (unpaired) electrons. The zero-order valence-corrected chi connectivity index (χ0v) is 13.8. The molecule has 0 aliphatic carbocycles. The summed E-state index contributed by atoms with van der Waals surface area (Å²) in [6, 6.07) is 0. The summed E-state index contributed by atoms with van der Waals surface area (Å²) >= 11 is 0. The van der Waals surface area contributed by atoms with Gasteiger partial charge in [-0.05, 0) is 31.3 Å². The van der Waals surface area contributed by atoms with Crippen LogP contribution in [0.1, 0.15) is 0 Å². The molecule has 0 saturated carbocycles. The summed E-state index contributed by atoms with van der Waals surface area (Å²) in [5.74, 6) is 0. The van der Waals surface area contributed by atoms with Crippen molar-refractivity contribution in [1.29, 1.82) is 0 Å². The van der Waals surface area contributed by atoms with Crippen molar-refractivity contribution in [1.82, 2.24) is 0 Å². The molecule has 0 bridgehead atoms. The molecule has 0 heterocycles. The molecular weight excluding hydrogens is 232 g/mol. The Hall–Kier alpha value is -0.326. The zero-order valence-electron chi connectivity index (χ0n) is 11.8. The third kappa shape index (κ3) is 7.03. The van der Waals surface area contributed by atoms with Crippen LogP contribution in [0.4, 0.5) is 0 Å². The largest absolute Gasteiger partial charge is 0.506 e. The van der Waals surface area contributed by atoms with Gasteiger partial charge in [0.1, 0.15) is 8.07 Å². The van der Waals surface area contributed by atoms with Crippen molar-refractivity contribution < 1.29 is 9.16 Å². The van der Waals surface area contributed by atoms with Crippen LogP contribution in [0, 0.1) is 0 Å². The maximum atomic E-state index is 5.80. The van der Waals surface area contributed by atoms with Gasteiger partial charge in [-0.2, -0.15) is 0 Å². The fraction of sp³-hybridized carbons (Fsp3) is 0.667. The molecule has 0 aromatic heterocycles. The first-order valence-electron chi connectivity index (χ1n) is 5.64. The molecule has 0 aromatic rings. The third-order valence-electron chi connectivity index (χ3n) is 1.98. The first kappa shape index (κ1) is 15.7. The van der Waals surface area contributed by atoms with E-state index in [0.717, 1.165) is 11.0 Å². The van der Waals surface area contributed by atoms with E-state index in [1.54, 1.807) is 7.11 Å². The molecule has 0 saturated heterocycles. The van der Waals surface area contributed by atoms with Crippen LogP contribution in [0.2, 0.25) is 39.3 Å². The van der Waals surface area contributed by atoms with Crippen LogP contribution in [0.5, 0.6) is 0 Å². The molecule has 0 aliphatic rings. The van der Waals surface area contributed by atoms with E-state index in [1.165, 1.54) is 0 Å². The van der Waals surface area contributed by atoms with E-state index in [9.17, 15) is 0 Å². The minimum absolute atomic E-state index is 0.618. The van der Waals surface area contributed by atoms with E-state index in [1.807, 2.05) is 6.08 Å². The molecule has 4 heteroatoms. The lowest BCUT2D eigenvalue weighted by Crippen LogP contribution is -2.27. The van der Waals surface area contributed by atoms with E-state index in [2.05, 4.69) is 45.9 Å². The lowest BCUT2D eigenvalue weighted by Gasteiger charge is -2.21. The third-order valence-corrected chi connectivity index (χ3v) is 4.82. The summed E-state index contributed by atoms with van der Waals surface area (Å²) in [7, 11) is -1.10. The van der Waals surface area contributed by atoms with Crippen molar-refractivity contribution in [3.8, 4) is 0 Å². The van der Waals surface area contributed by atoms with Gasteiger partial charge < -0.3 is 9.16 Å². The standard InChI is InChI=1S/C12H26O2Si2/c1-11(10-14-16(6,7)8)9-12(13-2)15(3,4)5/h9H,1,10H2,2-8H3/b12-9-. The first-order valence-corrected chi connectivity index (χ1v) is 12.5. The summed E-state index contributed by atoms with van der Waals surface area (Å²) in [5, 5.41) is 1.08. The van der Waals surface area contributed by atoms with E-state index in [-0.39, 0.29) is 0 Å². The van der Waals surface area contributed by atoms with Crippen LogP contribution in [-0.2, 0) is 9.16 Å². The van der Waals surface area contributed by atoms with Crippen molar-refractivity contribution in [3.05, 3.63) is 23.6 Å². The highest BCUT2D eigenvalue weighted by Crippen LogP contribution is 2.17. The Labute approximate surface area is 102 Å². The average molecular weight is 259 g/mol. The Morgan fingerprint density at radius 2 is 1.62 bits per heavy atom. The molecule has 0 atom stereocenters. The summed E-state index contributed by atoms with van der Waals surface area (Å²) in [6.45, 7) is 18.0. The molecule has 0 aliphatic heterocycles. The smallest absolute Gasteiger partial charge is 0.184 e. The number of hydrogen-bond acceptors (Lipinski definition) is 2. The predicted octanol–water partition coefficient (Wildman–Crippen LogP) is 3.80. The predicted molar refractivity (Wildman–Crippen MR) is 76.9 cm³/mol. The van der Waals surface area contributed by atoms with Gasteiger partial charge in [-0.25, -0.2) is 0 Å². The van der Waals surface area contributed by atoms with Gasteiger partial charge in [0, 0.05) is 0 Å². The van der Waals surface area contributed by atoms with Crippen LogP contribution in [-0.4, -0.2) is 30.1 Å². The SMILES string of the molecule is C=C(/C=C(/OC)[Si](C)(C)C)CO[Si](C)(C)C. The molecule has 0 amide bonds. The Morgan fingerprint density at radius 1 is 1.12 bits per heavy atom. The molecule has 0 spiro atoms. The number of rotatable bonds is 6. The van der Waals surface area contributed by atoms with Gasteiger partial charge in [-0.3, -0.25) is 0 Å². The Kier molecular flexibility index (Phi) is 5.72. The fourth-order valence-electron chi connectivity index (χ4n) is 1.12. The van der Waals surface area contributed by atoms with Crippen LogP contribution in [0.25, 0.3) is 0 Å². The minimum Gasteiger partial charge on any atom is -0.506 e. The topological polar surface area (TPSA) is 18.5 Å². The van der Waals surface area contributed by atoms with Gasteiger partial charge in [-0.15, -0.1) is 0 Å². The van der Waals surface area contributed by atoms with E-state index < -0.39 is 16.4 Å². The Balaban J connectivity index is 4.46. The maximum Gasteiger partial charge on any atom is 0.184 e. The Bertz CT molecular complexity index is 270. The van der Waals surface area contributed by atoms with Gasteiger partial charge in [0.25, 0.3) is 0 Å². The lowest BCUT2D eigenvalue weighted by molar-refractivity contribution is 0.313. The molecular formula is C12H26O2Si2. The molecule has 94 valence electrons. The normalized spacial score (nSPS) is 13.8. The molecule has 0 aromatic carbocycles. The number of methoxy groups -OCH3 is 1. The maximum absolute atomic E-state index is 5.80. The van der Waals surface area contributed by atoms with Crippen molar-refractivity contribution >= 4 is 16.4 Å². The van der Waals surface area contributed by atoms with E-state index >= 15 is 0 Å². The highest BCUT2D eigenvalue weighted by atomic mass is 28.4. The first-order chi connectivity index (χ1) is 7.06. The van der Waals surface area contributed by atoms with Gasteiger partial charge >= 0.3 is 0 Å². The molecule has 0 unspecified atom stereocenters. The number of hydrogen-bond donors (Lipinski definition) is 0. The van der Waals surface area contributed by atoms with Crippen LogP contribution >= 0.6 is 0 Å². The monoisotopic (exact) mass is 258 g/mol. The second-order valence-electron chi connectivity index (χ2n) is 6.02. The van der Waals surface area contributed by atoms with Gasteiger partial charge in [0.05, 0.1) is 19.1 Å². The summed E-state index contributed by atoms with van der Waals surface area (Å²) in [4.78, 5) is 0. The van der Waals surface area contributed by atoms with Gasteiger partial charge in [0.2, 0.25) is 0 Å². The van der Waals surface area contributed by atoms with Crippen molar-refractivity contribution in [3.63, 3.8) is 0 Å². The highest BCUT2D eigenvalue weighted by molar-refractivity contribution is 6.82. The molecule has 0 fully saturated rings. The molecule has 16 heavy (non-hydrogen) atoms. The van der Waals surface area contributed by atoms with Crippen molar-refractivity contribution in [2.75, 3.05) is 13.7 Å². The lowest BCUT2D eigenvalue weighted by atomic mass is 10.3. The van der Waals surface area contributed by atoms with Crippen LogP contribution in [0.15, 0.2) is 23.6 Å². The van der Waals surface area contributed by atoms with Gasteiger partial charge in [0.15, 0.2) is 8.32 Å². The summed E-state index contributed by atoms with van der Waals surface area (Å²) < 4.78 is 11.2. The van der Waals surface area contributed by atoms with Gasteiger partial charge in [-0.1, -0.05) is 26.2 Å². The van der Waals surface area contributed by atoms with Crippen LogP contribution in [0.3, 0.4) is 0 Å². The average Bonchev–Trinajstić information content (AvgIpc) is 2.07. The zero-order chi connectivity index (χ0) is 13.0.